The van der Waals surface area contributed by atoms with E-state index in [1.54, 1.807) is 23.1 Å². The van der Waals surface area contributed by atoms with Crippen LogP contribution in [0.1, 0.15) is 16.4 Å². The van der Waals surface area contributed by atoms with Gasteiger partial charge in [0.1, 0.15) is 0 Å². The summed E-state index contributed by atoms with van der Waals surface area (Å²) in [5.74, 6) is 0. The molecular weight excluding hydrogens is 444 g/mol. The van der Waals surface area contributed by atoms with Gasteiger partial charge in [-0.05, 0) is 47.9 Å². The van der Waals surface area contributed by atoms with E-state index in [4.69, 9.17) is 11.6 Å². The predicted molar refractivity (Wildman–Crippen MR) is 136 cm³/mol. The smallest absolute Gasteiger partial charge is 0.183 e. The number of halogens is 1. The van der Waals surface area contributed by atoms with E-state index in [-0.39, 0.29) is 0 Å². The Labute approximate surface area is 194 Å². The van der Waals surface area contributed by atoms with E-state index in [1.807, 2.05) is 18.2 Å². The molecule has 0 saturated carbocycles. The Morgan fingerprint density at radius 2 is 1.84 bits per heavy atom. The molecule has 1 aromatic heterocycles. The van der Waals surface area contributed by atoms with Crippen LogP contribution >= 0.6 is 34.7 Å². The van der Waals surface area contributed by atoms with Crippen molar-refractivity contribution in [2.45, 2.75) is 11.7 Å². The number of benzene rings is 3. The number of fused-ring (bicyclic) bond motifs is 1. The average Bonchev–Trinajstić information content (AvgIpc) is 3.42. The SMILES string of the molecule is Clc1ccc2nc(NCCc3ccc(NC4=NCC(c5ccccc5)S4)cc3)sc2c1. The van der Waals surface area contributed by atoms with E-state index in [0.29, 0.717) is 5.25 Å². The van der Waals surface area contributed by atoms with Gasteiger partial charge < -0.3 is 10.6 Å². The van der Waals surface area contributed by atoms with Gasteiger partial charge in [-0.25, -0.2) is 4.98 Å². The quantitative estimate of drug-likeness (QED) is 0.327. The summed E-state index contributed by atoms with van der Waals surface area (Å²) in [6.07, 6.45) is 0.933. The normalized spacial score (nSPS) is 15.8. The first kappa shape index (κ1) is 20.4. The third-order valence-corrected chi connectivity index (χ3v) is 7.44. The molecule has 3 aromatic carbocycles. The molecule has 1 unspecified atom stereocenters. The number of nitrogens with one attached hydrogen (secondary N) is 2. The van der Waals surface area contributed by atoms with E-state index in [2.05, 4.69) is 75.2 Å². The van der Waals surface area contributed by atoms with Crippen molar-refractivity contribution in [1.29, 1.82) is 0 Å². The molecule has 0 radical (unpaired) electrons. The summed E-state index contributed by atoms with van der Waals surface area (Å²) in [6, 6.07) is 24.9. The summed E-state index contributed by atoms with van der Waals surface area (Å²) < 4.78 is 1.10. The van der Waals surface area contributed by atoms with Gasteiger partial charge in [-0.2, -0.15) is 0 Å². The number of aliphatic imine (C=N–C) groups is 1. The van der Waals surface area contributed by atoms with Gasteiger partial charge in [0, 0.05) is 17.3 Å². The maximum Gasteiger partial charge on any atom is 0.183 e. The lowest BCUT2D eigenvalue weighted by molar-refractivity contribution is 0.966. The molecule has 31 heavy (non-hydrogen) atoms. The molecule has 1 aliphatic rings. The maximum atomic E-state index is 6.06. The molecule has 156 valence electrons. The first-order chi connectivity index (χ1) is 15.2. The average molecular weight is 465 g/mol. The van der Waals surface area contributed by atoms with Crippen LogP contribution < -0.4 is 10.6 Å². The Kier molecular flexibility index (Phi) is 6.11. The fourth-order valence-electron chi connectivity index (χ4n) is 3.45. The zero-order valence-corrected chi connectivity index (χ0v) is 19.1. The number of anilines is 2. The molecule has 0 bridgehead atoms. The number of aromatic nitrogens is 1. The number of thiazole rings is 1. The molecule has 7 heteroatoms. The Bertz CT molecular complexity index is 1210. The standard InChI is InChI=1S/C24H21ClN4S2/c25-18-8-11-20-21(14-18)30-23(29-20)26-13-12-16-6-9-19(10-7-16)28-24-27-15-22(31-24)17-4-2-1-3-5-17/h1-11,14,22H,12-13,15H2,(H,26,29)(H,27,28). The minimum atomic E-state index is 0.396. The topological polar surface area (TPSA) is 49.3 Å². The molecule has 4 aromatic rings. The van der Waals surface area contributed by atoms with Crippen LogP contribution in [0.4, 0.5) is 10.8 Å². The lowest BCUT2D eigenvalue weighted by atomic mass is 10.1. The fourth-order valence-corrected chi connectivity index (χ4v) is 5.66. The zero-order valence-electron chi connectivity index (χ0n) is 16.7. The molecular formula is C24H21ClN4S2. The second-order valence-corrected chi connectivity index (χ2v) is 9.95. The highest BCUT2D eigenvalue weighted by Gasteiger charge is 2.21. The van der Waals surface area contributed by atoms with Crippen molar-refractivity contribution in [3.05, 3.63) is 88.9 Å². The third kappa shape index (κ3) is 5.03. The van der Waals surface area contributed by atoms with Crippen LogP contribution in [0, 0.1) is 0 Å². The highest BCUT2D eigenvalue weighted by Crippen LogP contribution is 2.35. The molecule has 1 atom stereocenters. The van der Waals surface area contributed by atoms with Crippen LogP contribution in [-0.4, -0.2) is 23.2 Å². The lowest BCUT2D eigenvalue weighted by Crippen LogP contribution is -2.06. The summed E-state index contributed by atoms with van der Waals surface area (Å²) in [4.78, 5) is 9.27. The molecule has 0 spiro atoms. The summed E-state index contributed by atoms with van der Waals surface area (Å²) in [5, 5.41) is 9.93. The van der Waals surface area contributed by atoms with Crippen LogP contribution in [0.25, 0.3) is 10.2 Å². The molecule has 4 nitrogen and oxygen atoms in total. The lowest BCUT2D eigenvalue weighted by Gasteiger charge is -2.10. The molecule has 0 amide bonds. The van der Waals surface area contributed by atoms with Crippen molar-refractivity contribution in [2.24, 2.45) is 4.99 Å². The number of amidine groups is 1. The minimum absolute atomic E-state index is 0.396. The summed E-state index contributed by atoms with van der Waals surface area (Å²) >= 11 is 9.48. The summed E-state index contributed by atoms with van der Waals surface area (Å²) in [5.41, 5.74) is 4.66. The molecule has 0 fully saturated rings. The summed E-state index contributed by atoms with van der Waals surface area (Å²) in [7, 11) is 0. The fraction of sp³-hybridized carbons (Fsp3) is 0.167. The number of rotatable bonds is 6. The van der Waals surface area contributed by atoms with Crippen LogP contribution in [-0.2, 0) is 6.42 Å². The van der Waals surface area contributed by atoms with E-state index in [0.717, 1.165) is 50.7 Å². The monoisotopic (exact) mass is 464 g/mol. The number of thioether (sulfide) groups is 1. The second kappa shape index (κ2) is 9.30. The molecule has 0 aliphatic carbocycles. The first-order valence-electron chi connectivity index (χ1n) is 10.1. The van der Waals surface area contributed by atoms with Crippen molar-refractivity contribution in [2.75, 3.05) is 23.7 Å². The van der Waals surface area contributed by atoms with Gasteiger partial charge in [-0.1, -0.05) is 77.2 Å². The number of hydrogen-bond donors (Lipinski definition) is 2. The maximum absolute atomic E-state index is 6.06. The van der Waals surface area contributed by atoms with Crippen LogP contribution in [0.3, 0.4) is 0 Å². The van der Waals surface area contributed by atoms with Crippen LogP contribution in [0.2, 0.25) is 5.02 Å². The minimum Gasteiger partial charge on any atom is -0.361 e. The predicted octanol–water partition coefficient (Wildman–Crippen LogP) is 6.86. The molecule has 0 saturated heterocycles. The van der Waals surface area contributed by atoms with Crippen molar-refractivity contribution in [3.8, 4) is 0 Å². The van der Waals surface area contributed by atoms with E-state index in [1.165, 1.54) is 11.1 Å². The highest BCUT2D eigenvalue weighted by molar-refractivity contribution is 8.14. The van der Waals surface area contributed by atoms with Crippen LogP contribution in [0.15, 0.2) is 77.8 Å². The van der Waals surface area contributed by atoms with Crippen molar-refractivity contribution < 1.29 is 0 Å². The van der Waals surface area contributed by atoms with Crippen LogP contribution in [0.5, 0.6) is 0 Å². The van der Waals surface area contributed by atoms with E-state index < -0.39 is 0 Å². The zero-order chi connectivity index (χ0) is 21.0. The van der Waals surface area contributed by atoms with Crippen molar-refractivity contribution in [1.82, 2.24) is 4.98 Å². The molecule has 1 aliphatic heterocycles. The molecule has 2 N–H and O–H groups in total. The third-order valence-electron chi connectivity index (χ3n) is 5.07. The van der Waals surface area contributed by atoms with E-state index >= 15 is 0 Å². The molecule has 2 heterocycles. The van der Waals surface area contributed by atoms with Gasteiger partial charge >= 0.3 is 0 Å². The first-order valence-corrected chi connectivity index (χ1v) is 12.2. The number of nitrogens with zero attached hydrogens (tertiary/aromatic N) is 2. The van der Waals surface area contributed by atoms with Crippen molar-refractivity contribution in [3.63, 3.8) is 0 Å². The van der Waals surface area contributed by atoms with Gasteiger partial charge in [-0.3, -0.25) is 4.99 Å². The van der Waals surface area contributed by atoms with Gasteiger partial charge in [0.05, 0.1) is 22.0 Å². The second-order valence-electron chi connectivity index (χ2n) is 7.29. The van der Waals surface area contributed by atoms with Gasteiger partial charge in [0.2, 0.25) is 0 Å². The Morgan fingerprint density at radius 1 is 1.00 bits per heavy atom. The van der Waals surface area contributed by atoms with Gasteiger partial charge in [0.15, 0.2) is 10.3 Å². The Hall–Kier alpha value is -2.54. The largest absolute Gasteiger partial charge is 0.361 e. The van der Waals surface area contributed by atoms with Gasteiger partial charge in [-0.15, -0.1) is 0 Å². The highest BCUT2D eigenvalue weighted by atomic mass is 35.5. The van der Waals surface area contributed by atoms with Gasteiger partial charge in [0.25, 0.3) is 0 Å². The summed E-state index contributed by atoms with van der Waals surface area (Å²) in [6.45, 7) is 1.65. The van der Waals surface area contributed by atoms with Crippen molar-refractivity contribution >= 4 is 60.9 Å². The Morgan fingerprint density at radius 3 is 2.68 bits per heavy atom. The Balaban J connectivity index is 1.12. The number of hydrogen-bond acceptors (Lipinski definition) is 6. The molecule has 5 rings (SSSR count). The van der Waals surface area contributed by atoms with E-state index in [9.17, 15) is 0 Å².